The van der Waals surface area contributed by atoms with Gasteiger partial charge < -0.3 is 10.6 Å². The SMILES string of the molecule is CC(N)c1ccc2c(c1)CN(C(=O)C(C)(C)C)CC2. The van der Waals surface area contributed by atoms with E-state index in [9.17, 15) is 4.79 Å². The highest BCUT2D eigenvalue weighted by atomic mass is 16.2. The van der Waals surface area contributed by atoms with Gasteiger partial charge in [0.05, 0.1) is 0 Å². The molecule has 1 atom stereocenters. The number of benzene rings is 1. The summed E-state index contributed by atoms with van der Waals surface area (Å²) in [6.45, 7) is 9.45. The highest BCUT2D eigenvalue weighted by molar-refractivity contribution is 5.81. The van der Waals surface area contributed by atoms with Gasteiger partial charge in [-0.25, -0.2) is 0 Å². The first kappa shape index (κ1) is 14.1. The Morgan fingerprint density at radius 1 is 1.32 bits per heavy atom. The predicted octanol–water partition coefficient (Wildman–Crippen LogP) is 2.64. The summed E-state index contributed by atoms with van der Waals surface area (Å²) in [5.41, 5.74) is 9.36. The van der Waals surface area contributed by atoms with Gasteiger partial charge in [0, 0.05) is 24.5 Å². The molecule has 0 aliphatic carbocycles. The molecule has 3 nitrogen and oxygen atoms in total. The Kier molecular flexibility index (Phi) is 3.68. The van der Waals surface area contributed by atoms with Crippen molar-refractivity contribution in [3.8, 4) is 0 Å². The molecule has 1 aromatic rings. The van der Waals surface area contributed by atoms with Gasteiger partial charge in [-0.15, -0.1) is 0 Å². The lowest BCUT2D eigenvalue weighted by Gasteiger charge is -2.34. The summed E-state index contributed by atoms with van der Waals surface area (Å²) in [5.74, 6) is 0.226. The third-order valence-corrected chi connectivity index (χ3v) is 3.70. The summed E-state index contributed by atoms with van der Waals surface area (Å²) >= 11 is 0. The van der Waals surface area contributed by atoms with Crippen LogP contribution in [-0.4, -0.2) is 17.4 Å². The molecule has 0 saturated carbocycles. The van der Waals surface area contributed by atoms with Crippen LogP contribution in [0.3, 0.4) is 0 Å². The number of fused-ring (bicyclic) bond motifs is 1. The fourth-order valence-corrected chi connectivity index (χ4v) is 2.51. The van der Waals surface area contributed by atoms with Crippen molar-refractivity contribution in [3.63, 3.8) is 0 Å². The van der Waals surface area contributed by atoms with Gasteiger partial charge in [0.2, 0.25) is 5.91 Å². The quantitative estimate of drug-likeness (QED) is 0.843. The molecule has 1 aliphatic rings. The predicted molar refractivity (Wildman–Crippen MR) is 77.6 cm³/mol. The second kappa shape index (κ2) is 4.97. The van der Waals surface area contributed by atoms with E-state index in [4.69, 9.17) is 5.73 Å². The molecule has 3 heteroatoms. The standard InChI is InChI=1S/C16H24N2O/c1-11(17)13-6-5-12-7-8-18(10-14(12)9-13)15(19)16(2,3)4/h5-6,9,11H,7-8,10,17H2,1-4H3. The van der Waals surface area contributed by atoms with Crippen LogP contribution in [0.4, 0.5) is 0 Å². The van der Waals surface area contributed by atoms with Gasteiger partial charge in [-0.1, -0.05) is 39.0 Å². The average molecular weight is 260 g/mol. The van der Waals surface area contributed by atoms with Crippen molar-refractivity contribution in [1.82, 2.24) is 4.90 Å². The van der Waals surface area contributed by atoms with Crippen LogP contribution in [0.25, 0.3) is 0 Å². The van der Waals surface area contributed by atoms with Crippen LogP contribution in [0.5, 0.6) is 0 Å². The lowest BCUT2D eigenvalue weighted by molar-refractivity contribution is -0.140. The monoisotopic (exact) mass is 260 g/mol. The molecule has 0 saturated heterocycles. The Labute approximate surface area is 115 Å². The molecular weight excluding hydrogens is 236 g/mol. The zero-order valence-electron chi connectivity index (χ0n) is 12.4. The minimum absolute atomic E-state index is 0.0407. The molecule has 0 radical (unpaired) electrons. The van der Waals surface area contributed by atoms with Gasteiger partial charge in [-0.05, 0) is 30.0 Å². The lowest BCUT2D eigenvalue weighted by Crippen LogP contribution is -2.42. The molecule has 0 aromatic heterocycles. The number of carbonyl (C=O) groups excluding carboxylic acids is 1. The third kappa shape index (κ3) is 2.98. The molecule has 104 valence electrons. The van der Waals surface area contributed by atoms with Crippen LogP contribution in [0.1, 0.15) is 50.4 Å². The molecule has 1 aromatic carbocycles. The molecule has 1 aliphatic heterocycles. The summed E-state index contributed by atoms with van der Waals surface area (Å²) in [6.07, 6.45) is 0.941. The molecule has 19 heavy (non-hydrogen) atoms. The molecule has 0 bridgehead atoms. The molecule has 0 fully saturated rings. The molecule has 0 spiro atoms. The van der Waals surface area contributed by atoms with E-state index in [1.54, 1.807) is 0 Å². The van der Waals surface area contributed by atoms with Crippen molar-refractivity contribution in [2.75, 3.05) is 6.54 Å². The van der Waals surface area contributed by atoms with Crippen LogP contribution in [0.15, 0.2) is 18.2 Å². The molecule has 1 amide bonds. The fraction of sp³-hybridized carbons (Fsp3) is 0.562. The van der Waals surface area contributed by atoms with Gasteiger partial charge >= 0.3 is 0 Å². The van der Waals surface area contributed by atoms with Crippen molar-refractivity contribution < 1.29 is 4.79 Å². The van der Waals surface area contributed by atoms with Crippen molar-refractivity contribution in [2.45, 2.75) is 46.7 Å². The largest absolute Gasteiger partial charge is 0.338 e. The van der Waals surface area contributed by atoms with Crippen molar-refractivity contribution in [3.05, 3.63) is 34.9 Å². The molecular formula is C16H24N2O. The van der Waals surface area contributed by atoms with Crippen LogP contribution in [-0.2, 0) is 17.8 Å². The van der Waals surface area contributed by atoms with E-state index in [1.807, 2.05) is 32.6 Å². The van der Waals surface area contributed by atoms with E-state index in [1.165, 1.54) is 11.1 Å². The minimum Gasteiger partial charge on any atom is -0.338 e. The maximum Gasteiger partial charge on any atom is 0.228 e. The Morgan fingerprint density at radius 3 is 2.58 bits per heavy atom. The van der Waals surface area contributed by atoms with Crippen LogP contribution >= 0.6 is 0 Å². The van der Waals surface area contributed by atoms with E-state index >= 15 is 0 Å². The first-order chi connectivity index (χ1) is 8.79. The van der Waals surface area contributed by atoms with Gasteiger partial charge in [0.25, 0.3) is 0 Å². The number of amides is 1. The number of nitrogens with two attached hydrogens (primary N) is 1. The average Bonchev–Trinajstić information content (AvgIpc) is 2.35. The minimum atomic E-state index is -0.309. The first-order valence-electron chi connectivity index (χ1n) is 6.95. The van der Waals surface area contributed by atoms with Gasteiger partial charge in [-0.3, -0.25) is 4.79 Å². The van der Waals surface area contributed by atoms with E-state index in [0.717, 1.165) is 18.5 Å². The van der Waals surface area contributed by atoms with E-state index in [2.05, 4.69) is 18.2 Å². The van der Waals surface area contributed by atoms with Gasteiger partial charge in [-0.2, -0.15) is 0 Å². The number of hydrogen-bond acceptors (Lipinski definition) is 2. The van der Waals surface area contributed by atoms with E-state index in [-0.39, 0.29) is 17.4 Å². The zero-order valence-corrected chi connectivity index (χ0v) is 12.4. The third-order valence-electron chi connectivity index (χ3n) is 3.70. The van der Waals surface area contributed by atoms with Crippen molar-refractivity contribution >= 4 is 5.91 Å². The number of rotatable bonds is 1. The topological polar surface area (TPSA) is 46.3 Å². The highest BCUT2D eigenvalue weighted by Gasteiger charge is 2.29. The van der Waals surface area contributed by atoms with Crippen LogP contribution in [0, 0.1) is 5.41 Å². The number of nitrogens with zero attached hydrogens (tertiary/aromatic N) is 1. The first-order valence-corrected chi connectivity index (χ1v) is 6.95. The Balaban J connectivity index is 2.23. The Bertz CT molecular complexity index is 486. The summed E-state index contributed by atoms with van der Waals surface area (Å²) in [5, 5.41) is 0. The highest BCUT2D eigenvalue weighted by Crippen LogP contribution is 2.26. The van der Waals surface area contributed by atoms with Crippen molar-refractivity contribution in [2.24, 2.45) is 11.1 Å². The second-order valence-electron chi connectivity index (χ2n) is 6.54. The summed E-state index contributed by atoms with van der Waals surface area (Å²) in [4.78, 5) is 14.3. The smallest absolute Gasteiger partial charge is 0.228 e. The van der Waals surface area contributed by atoms with Crippen LogP contribution in [0.2, 0.25) is 0 Å². The van der Waals surface area contributed by atoms with Gasteiger partial charge in [0.15, 0.2) is 0 Å². The summed E-state index contributed by atoms with van der Waals surface area (Å²) in [7, 11) is 0. The van der Waals surface area contributed by atoms with E-state index in [0.29, 0.717) is 6.54 Å². The van der Waals surface area contributed by atoms with Crippen molar-refractivity contribution in [1.29, 1.82) is 0 Å². The number of hydrogen-bond donors (Lipinski definition) is 1. The summed E-state index contributed by atoms with van der Waals surface area (Å²) < 4.78 is 0. The normalized spacial score (nSPS) is 17.0. The summed E-state index contributed by atoms with van der Waals surface area (Å²) in [6, 6.07) is 6.46. The molecule has 1 unspecified atom stereocenters. The molecule has 1 heterocycles. The van der Waals surface area contributed by atoms with E-state index < -0.39 is 0 Å². The fourth-order valence-electron chi connectivity index (χ4n) is 2.51. The molecule has 2 rings (SSSR count). The number of carbonyl (C=O) groups is 1. The Hall–Kier alpha value is -1.35. The lowest BCUT2D eigenvalue weighted by atomic mass is 9.91. The zero-order chi connectivity index (χ0) is 14.2. The van der Waals surface area contributed by atoms with Crippen LogP contribution < -0.4 is 5.73 Å². The Morgan fingerprint density at radius 2 is 2.00 bits per heavy atom. The second-order valence-corrected chi connectivity index (χ2v) is 6.54. The maximum absolute atomic E-state index is 12.3. The van der Waals surface area contributed by atoms with Gasteiger partial charge in [0.1, 0.15) is 0 Å². The molecule has 2 N–H and O–H groups in total. The maximum atomic E-state index is 12.3.